The van der Waals surface area contributed by atoms with Gasteiger partial charge in [-0.3, -0.25) is 0 Å². The first-order valence-corrected chi connectivity index (χ1v) is 13.4. The third-order valence-corrected chi connectivity index (χ3v) is 9.92. The fourth-order valence-electron chi connectivity index (χ4n) is 7.11. The van der Waals surface area contributed by atoms with Crippen molar-refractivity contribution >= 4 is 27.6 Å². The molecule has 5 rings (SSSR count). The Morgan fingerprint density at radius 3 is 2.78 bits per heavy atom. The van der Waals surface area contributed by atoms with Crippen molar-refractivity contribution in [2.75, 3.05) is 6.61 Å². The molecule has 1 heterocycles. The highest BCUT2D eigenvalue weighted by Gasteiger charge is 2.57. The molecule has 0 bridgehead atoms. The van der Waals surface area contributed by atoms with Gasteiger partial charge in [-0.15, -0.1) is 0 Å². The maximum absolute atomic E-state index is 13.0. The van der Waals surface area contributed by atoms with Crippen molar-refractivity contribution in [3.05, 3.63) is 40.6 Å². The summed E-state index contributed by atoms with van der Waals surface area (Å²) in [5.41, 5.74) is 1.48. The molecule has 1 aromatic rings. The molecule has 6 atom stereocenters. The minimum atomic E-state index is -3.94. The van der Waals surface area contributed by atoms with Crippen LogP contribution >= 0.6 is 11.6 Å². The van der Waals surface area contributed by atoms with Crippen LogP contribution in [0.3, 0.4) is 0 Å². The van der Waals surface area contributed by atoms with Crippen LogP contribution < -0.4 is 5.14 Å². The molecule has 32 heavy (non-hydrogen) atoms. The van der Waals surface area contributed by atoms with E-state index in [0.717, 1.165) is 45.1 Å². The number of esters is 1. The van der Waals surface area contributed by atoms with E-state index in [1.165, 1.54) is 30.2 Å². The van der Waals surface area contributed by atoms with Gasteiger partial charge in [-0.25, -0.2) is 18.4 Å². The van der Waals surface area contributed by atoms with Crippen molar-refractivity contribution in [2.45, 2.75) is 62.9 Å². The number of hydrogen-bond acceptors (Lipinski definition) is 5. The molecule has 0 radical (unpaired) electrons. The second kappa shape index (κ2) is 8.03. The van der Waals surface area contributed by atoms with Crippen LogP contribution in [-0.4, -0.2) is 27.1 Å². The van der Waals surface area contributed by atoms with E-state index < -0.39 is 16.0 Å². The Labute approximate surface area is 194 Å². The monoisotopic (exact) mass is 479 g/mol. The second-order valence-electron chi connectivity index (χ2n) is 10.1. The fraction of sp³-hybridized carbons (Fsp3) is 0.625. The third-order valence-electron chi connectivity index (χ3n) is 8.68. The Bertz CT molecular complexity index is 1070. The van der Waals surface area contributed by atoms with Gasteiger partial charge in [0.15, 0.2) is 0 Å². The first-order valence-electron chi connectivity index (χ1n) is 11.5. The van der Waals surface area contributed by atoms with Crippen molar-refractivity contribution in [3.8, 4) is 0 Å². The van der Waals surface area contributed by atoms with E-state index in [2.05, 4.69) is 6.92 Å². The predicted octanol–water partition coefficient (Wildman–Crippen LogP) is 4.67. The zero-order valence-corrected chi connectivity index (χ0v) is 19.8. The summed E-state index contributed by atoms with van der Waals surface area (Å²) >= 11 is 6.20. The Kier molecular flexibility index (Phi) is 5.58. The number of sulfonamides is 1. The highest BCUT2D eigenvalue weighted by atomic mass is 35.5. The summed E-state index contributed by atoms with van der Waals surface area (Å²) in [6.45, 7) is 3.09. The highest BCUT2D eigenvalue weighted by molar-refractivity contribution is 7.89. The average molecular weight is 480 g/mol. The van der Waals surface area contributed by atoms with E-state index >= 15 is 0 Å². The summed E-state index contributed by atoms with van der Waals surface area (Å²) in [5.74, 6) is 1.97. The second-order valence-corrected chi connectivity index (χ2v) is 12.1. The van der Waals surface area contributed by atoms with E-state index in [9.17, 15) is 13.2 Å². The number of allylic oxidation sites excluding steroid dienone is 1. The summed E-state index contributed by atoms with van der Waals surface area (Å²) < 4.78 is 35.0. The average Bonchev–Trinajstić information content (AvgIpc) is 3.09. The Morgan fingerprint density at radius 2 is 2.00 bits per heavy atom. The molecule has 4 aliphatic rings. The summed E-state index contributed by atoms with van der Waals surface area (Å²) in [4.78, 5) is 12.9. The molecule has 174 valence electrons. The smallest absolute Gasteiger partial charge is 0.339 e. The van der Waals surface area contributed by atoms with E-state index in [4.69, 9.17) is 26.2 Å². The van der Waals surface area contributed by atoms with E-state index in [-0.39, 0.29) is 27.0 Å². The zero-order chi connectivity index (χ0) is 22.7. The van der Waals surface area contributed by atoms with Gasteiger partial charge < -0.3 is 9.47 Å². The largest absolute Gasteiger partial charge is 0.501 e. The van der Waals surface area contributed by atoms with Gasteiger partial charge in [-0.1, -0.05) is 18.5 Å². The van der Waals surface area contributed by atoms with Crippen LogP contribution in [0.1, 0.15) is 62.2 Å². The standard InChI is InChI=1S/C24H30ClNO5S/c1-24-10-8-17-16-9-11-30-13-14(16)2-4-18(17)20(24)5-7-22(24)31-23(27)19-12-15(32(26,28)29)3-6-21(19)25/h3,6,12-13,16-18,20,22H,2,4-5,7-11H2,1H3,(H2,26,28,29)/t16?,17?,18?,20?,22-,24-/m0/s1. The first kappa shape index (κ1) is 22.2. The summed E-state index contributed by atoms with van der Waals surface area (Å²) in [7, 11) is -3.94. The minimum Gasteiger partial charge on any atom is -0.501 e. The van der Waals surface area contributed by atoms with Crippen LogP contribution in [0.5, 0.6) is 0 Å². The van der Waals surface area contributed by atoms with Gasteiger partial charge >= 0.3 is 5.97 Å². The van der Waals surface area contributed by atoms with E-state index in [0.29, 0.717) is 23.7 Å². The maximum Gasteiger partial charge on any atom is 0.339 e. The maximum atomic E-state index is 13.0. The molecule has 3 fully saturated rings. The lowest BCUT2D eigenvalue weighted by molar-refractivity contribution is -0.0667. The van der Waals surface area contributed by atoms with Crippen LogP contribution in [-0.2, 0) is 19.5 Å². The lowest BCUT2D eigenvalue weighted by atomic mass is 9.53. The minimum absolute atomic E-state index is 0.0496. The van der Waals surface area contributed by atoms with Gasteiger partial charge in [0.2, 0.25) is 10.0 Å². The molecule has 0 saturated heterocycles. The Balaban J connectivity index is 1.35. The molecule has 3 aliphatic carbocycles. The molecular weight excluding hydrogens is 450 g/mol. The number of rotatable bonds is 3. The summed E-state index contributed by atoms with van der Waals surface area (Å²) in [5, 5.41) is 5.39. The van der Waals surface area contributed by atoms with Gasteiger partial charge in [0.1, 0.15) is 6.10 Å². The highest BCUT2D eigenvalue weighted by Crippen LogP contribution is 2.62. The van der Waals surface area contributed by atoms with Crippen LogP contribution in [0.2, 0.25) is 5.02 Å². The van der Waals surface area contributed by atoms with Gasteiger partial charge in [0, 0.05) is 5.41 Å². The molecule has 6 nitrogen and oxygen atoms in total. The van der Waals surface area contributed by atoms with Crippen molar-refractivity contribution in [1.29, 1.82) is 0 Å². The predicted molar refractivity (Wildman–Crippen MR) is 120 cm³/mol. The van der Waals surface area contributed by atoms with Crippen molar-refractivity contribution < 1.29 is 22.7 Å². The molecule has 1 aliphatic heterocycles. The Hall–Kier alpha value is -1.57. The normalized spacial score (nSPS) is 36.2. The molecule has 1 aromatic carbocycles. The number of carbonyl (C=O) groups excluding carboxylic acids is 1. The van der Waals surface area contributed by atoms with Crippen LogP contribution in [0.25, 0.3) is 0 Å². The molecule has 2 N–H and O–H groups in total. The molecule has 3 saturated carbocycles. The Morgan fingerprint density at radius 1 is 1.19 bits per heavy atom. The number of hydrogen-bond donors (Lipinski definition) is 1. The number of nitrogens with two attached hydrogens (primary N) is 1. The first-order chi connectivity index (χ1) is 15.2. The molecule has 8 heteroatoms. The third kappa shape index (κ3) is 3.66. The van der Waals surface area contributed by atoms with Crippen LogP contribution in [0.15, 0.2) is 34.9 Å². The quantitative estimate of drug-likeness (QED) is 0.635. The van der Waals surface area contributed by atoms with Crippen LogP contribution in [0.4, 0.5) is 0 Å². The van der Waals surface area contributed by atoms with E-state index in [1.807, 2.05) is 6.26 Å². The fourth-order valence-corrected chi connectivity index (χ4v) is 7.84. The molecule has 0 amide bonds. The van der Waals surface area contributed by atoms with Gasteiger partial charge in [-0.2, -0.15) is 0 Å². The molecule has 4 unspecified atom stereocenters. The number of halogens is 1. The van der Waals surface area contributed by atoms with Gasteiger partial charge in [-0.05, 0) is 92.4 Å². The molecule has 0 spiro atoms. The zero-order valence-electron chi connectivity index (χ0n) is 18.3. The van der Waals surface area contributed by atoms with Crippen molar-refractivity contribution in [3.63, 3.8) is 0 Å². The number of ether oxygens (including phenoxy) is 2. The lowest BCUT2D eigenvalue weighted by Crippen LogP contribution is -2.48. The van der Waals surface area contributed by atoms with Crippen LogP contribution in [0, 0.1) is 29.1 Å². The number of benzene rings is 1. The van der Waals surface area contributed by atoms with E-state index in [1.54, 1.807) is 0 Å². The molecule has 0 aromatic heterocycles. The number of primary sulfonamides is 1. The molecular formula is C24H30ClNO5S. The lowest BCUT2D eigenvalue weighted by Gasteiger charge is -2.53. The summed E-state index contributed by atoms with van der Waals surface area (Å²) in [6, 6.07) is 3.89. The van der Waals surface area contributed by atoms with Crippen molar-refractivity contribution in [2.24, 2.45) is 34.2 Å². The number of carbonyl (C=O) groups is 1. The SMILES string of the molecule is C[C@]12CCC3C4CCOC=C4CCC3C1CC[C@@H]2OC(=O)c1cc(S(N)(=O)=O)ccc1Cl. The van der Waals surface area contributed by atoms with Crippen molar-refractivity contribution in [1.82, 2.24) is 0 Å². The van der Waals surface area contributed by atoms with Gasteiger partial charge in [0.25, 0.3) is 0 Å². The summed E-state index contributed by atoms with van der Waals surface area (Å²) in [6.07, 6.45) is 9.30. The van der Waals surface area contributed by atoms with Gasteiger partial charge in [0.05, 0.1) is 28.4 Å². The topological polar surface area (TPSA) is 95.7 Å². The number of fused-ring (bicyclic) bond motifs is 5.